The molecule has 2 atom stereocenters. The Bertz CT molecular complexity index is 1310. The van der Waals surface area contributed by atoms with E-state index in [1.807, 2.05) is 0 Å². The normalized spacial score (nSPS) is 18.5. The minimum Gasteiger partial charge on any atom is -0.543 e. The lowest BCUT2D eigenvalue weighted by atomic mass is 10.0. The maximum Gasteiger partial charge on any atom is 0.253 e. The number of aromatic nitrogens is 1. The summed E-state index contributed by atoms with van der Waals surface area (Å²) < 4.78 is 1.77. The number of amides is 3. The van der Waals surface area contributed by atoms with Crippen LogP contribution < -0.4 is 26.0 Å². The number of nitrogens with two attached hydrogens (primary N) is 1. The molecule has 2 aromatic rings. The highest BCUT2D eigenvalue weighted by atomic mass is 35.5. The number of hydrogen-bond acceptors (Lipinski definition) is 8. The Balaban J connectivity index is 1.38. The number of carboxylic acid groups (broad SMARTS) is 1. The van der Waals surface area contributed by atoms with Crippen LogP contribution in [0.3, 0.4) is 0 Å². The van der Waals surface area contributed by atoms with Gasteiger partial charge in [0.05, 0.1) is 29.0 Å². The summed E-state index contributed by atoms with van der Waals surface area (Å²) in [5, 5.41) is 17.8. The fraction of sp³-hybridized carbons (Fsp3) is 0.292. The molecule has 0 spiro atoms. The largest absolute Gasteiger partial charge is 0.543 e. The minimum absolute atomic E-state index is 0.0121. The Morgan fingerprint density at radius 1 is 1.18 bits per heavy atom. The lowest BCUT2D eigenvalue weighted by molar-refractivity contribution is -0.689. The highest BCUT2D eigenvalue weighted by Gasteiger charge is 2.53. The van der Waals surface area contributed by atoms with E-state index >= 15 is 0 Å². The van der Waals surface area contributed by atoms with Crippen molar-refractivity contribution < 1.29 is 28.9 Å². The number of hydrogen-bond donors (Lipinski definition) is 3. The number of fused-ring (bicyclic) bond motifs is 1. The molecule has 38 heavy (non-hydrogen) atoms. The van der Waals surface area contributed by atoms with Gasteiger partial charge in [-0.25, -0.2) is 4.57 Å². The van der Waals surface area contributed by atoms with E-state index in [2.05, 4.69) is 10.6 Å². The summed E-state index contributed by atoms with van der Waals surface area (Å²) in [4.78, 5) is 50.6. The number of rotatable bonds is 10. The number of carboxylic acids is 1. The molecule has 0 aliphatic carbocycles. The summed E-state index contributed by atoms with van der Waals surface area (Å²) in [5.74, 6) is -2.24. The predicted molar refractivity (Wildman–Crippen MR) is 142 cm³/mol. The standard InChI is InChI=1S/C24H23Cl2N5O5S2/c25-15-1-2-16(26)17(7-15)37-12-19(33)29-20-22(34)31-21(24(35)36)14(11-38-23(20)31)10-30-5-3-13(4-6-30)9-28-18(32)8-27/h1-7,20,23H,8-12,27H2,(H2-,28,29,32,33,35,36)/t20-,23-/m1/s1. The summed E-state index contributed by atoms with van der Waals surface area (Å²) in [6, 6.07) is 7.68. The molecule has 4 rings (SSSR count). The van der Waals surface area contributed by atoms with Gasteiger partial charge < -0.3 is 26.3 Å². The quantitative estimate of drug-likeness (QED) is 0.198. The van der Waals surface area contributed by atoms with E-state index in [1.54, 1.807) is 47.3 Å². The monoisotopic (exact) mass is 595 g/mol. The fourth-order valence-electron chi connectivity index (χ4n) is 3.94. The van der Waals surface area contributed by atoms with E-state index in [1.165, 1.54) is 28.4 Å². The van der Waals surface area contributed by atoms with E-state index in [0.717, 1.165) is 5.56 Å². The topological polar surface area (TPSA) is 149 Å². The number of carbonyl (C=O) groups excluding carboxylic acids is 4. The van der Waals surface area contributed by atoms with E-state index in [-0.39, 0.29) is 36.4 Å². The number of nitrogens with one attached hydrogen (secondary N) is 2. The summed E-state index contributed by atoms with van der Waals surface area (Å²) >= 11 is 14.7. The van der Waals surface area contributed by atoms with Crippen molar-refractivity contribution >= 4 is 70.4 Å². The Hall–Kier alpha value is -2.77. The van der Waals surface area contributed by atoms with Gasteiger partial charge in [-0.05, 0) is 23.8 Å². The molecular weight excluding hydrogens is 573 g/mol. The Kier molecular flexibility index (Phi) is 9.21. The Labute approximate surface area is 236 Å². The van der Waals surface area contributed by atoms with Crippen LogP contribution >= 0.6 is 46.7 Å². The van der Waals surface area contributed by atoms with Crippen LogP contribution in [0.1, 0.15) is 5.56 Å². The summed E-state index contributed by atoms with van der Waals surface area (Å²) in [6.45, 7) is 0.458. The van der Waals surface area contributed by atoms with Gasteiger partial charge >= 0.3 is 0 Å². The molecule has 200 valence electrons. The summed E-state index contributed by atoms with van der Waals surface area (Å²) in [7, 11) is 0. The molecule has 3 heterocycles. The fourth-order valence-corrected chi connectivity index (χ4v) is 6.58. The summed E-state index contributed by atoms with van der Waals surface area (Å²) in [5.41, 5.74) is 6.48. The molecule has 2 aliphatic heterocycles. The molecule has 14 heteroatoms. The number of pyridine rings is 1. The third-order valence-corrected chi connectivity index (χ3v) is 8.89. The van der Waals surface area contributed by atoms with Crippen LogP contribution in [0.2, 0.25) is 10.0 Å². The predicted octanol–water partition coefficient (Wildman–Crippen LogP) is 0.0520. The molecule has 2 aliphatic rings. The number of β-lactam (4-membered cyclic amide) rings is 1. The van der Waals surface area contributed by atoms with Gasteiger partial charge in [0.1, 0.15) is 11.4 Å². The van der Waals surface area contributed by atoms with Crippen LogP contribution in [-0.4, -0.2) is 58.1 Å². The lowest BCUT2D eigenvalue weighted by Gasteiger charge is -2.50. The SMILES string of the molecule is NCC(=O)NCc1cc[n+](CC2=C(C(=O)[O-])N3C(=O)[C@@H](NC(=O)CSc4cc(Cl)ccc4Cl)[C@H]3SC2)cc1. The van der Waals surface area contributed by atoms with Crippen LogP contribution in [0.15, 0.2) is 58.9 Å². The Morgan fingerprint density at radius 3 is 2.61 bits per heavy atom. The third kappa shape index (κ3) is 6.44. The smallest absolute Gasteiger partial charge is 0.253 e. The molecule has 0 radical (unpaired) electrons. The maximum atomic E-state index is 12.9. The van der Waals surface area contributed by atoms with Crippen LogP contribution in [0.25, 0.3) is 0 Å². The zero-order valence-corrected chi connectivity index (χ0v) is 23.0. The number of carbonyl (C=O) groups is 4. The van der Waals surface area contributed by atoms with Crippen LogP contribution in [0, 0.1) is 0 Å². The maximum absolute atomic E-state index is 12.9. The number of nitrogens with zero attached hydrogens (tertiary/aromatic N) is 2. The first-order valence-electron chi connectivity index (χ1n) is 11.4. The van der Waals surface area contributed by atoms with Gasteiger partial charge in [0.15, 0.2) is 18.9 Å². The van der Waals surface area contributed by atoms with Crippen molar-refractivity contribution in [1.82, 2.24) is 15.5 Å². The average Bonchev–Trinajstić information content (AvgIpc) is 2.91. The molecule has 0 unspecified atom stereocenters. The van der Waals surface area contributed by atoms with Gasteiger partial charge in [0.2, 0.25) is 11.8 Å². The van der Waals surface area contributed by atoms with Crippen molar-refractivity contribution in [1.29, 1.82) is 0 Å². The van der Waals surface area contributed by atoms with Crippen molar-refractivity contribution in [3.05, 3.63) is 69.6 Å². The van der Waals surface area contributed by atoms with E-state index < -0.39 is 23.3 Å². The number of halogens is 2. The Morgan fingerprint density at radius 2 is 1.92 bits per heavy atom. The van der Waals surface area contributed by atoms with Crippen molar-refractivity contribution in [3.8, 4) is 0 Å². The minimum atomic E-state index is -1.45. The second kappa shape index (κ2) is 12.4. The van der Waals surface area contributed by atoms with E-state index in [0.29, 0.717) is 32.8 Å². The van der Waals surface area contributed by atoms with Crippen LogP contribution in [-0.2, 0) is 32.3 Å². The molecular formula is C24H23Cl2N5O5S2. The third-order valence-electron chi connectivity index (χ3n) is 5.82. The molecule has 3 amide bonds. The second-order valence-electron chi connectivity index (χ2n) is 8.42. The van der Waals surface area contributed by atoms with Crippen molar-refractivity contribution in [2.24, 2.45) is 5.73 Å². The number of benzene rings is 1. The first-order valence-corrected chi connectivity index (χ1v) is 14.2. The highest BCUT2D eigenvalue weighted by molar-refractivity contribution is 8.00. The van der Waals surface area contributed by atoms with Gasteiger partial charge in [0, 0.05) is 39.9 Å². The first-order chi connectivity index (χ1) is 18.2. The first kappa shape index (κ1) is 28.2. The molecule has 1 aromatic carbocycles. The van der Waals surface area contributed by atoms with Crippen LogP contribution in [0.4, 0.5) is 0 Å². The van der Waals surface area contributed by atoms with Gasteiger partial charge in [0.25, 0.3) is 5.91 Å². The molecule has 0 saturated carbocycles. The molecule has 0 bridgehead atoms. The summed E-state index contributed by atoms with van der Waals surface area (Å²) in [6.07, 6.45) is 3.51. The highest BCUT2D eigenvalue weighted by Crippen LogP contribution is 2.40. The van der Waals surface area contributed by atoms with Crippen LogP contribution in [0.5, 0.6) is 0 Å². The zero-order valence-electron chi connectivity index (χ0n) is 19.8. The molecule has 1 saturated heterocycles. The van der Waals surface area contributed by atoms with Crippen molar-refractivity contribution in [2.75, 3.05) is 18.1 Å². The second-order valence-corrected chi connectivity index (χ2v) is 11.4. The molecule has 10 nitrogen and oxygen atoms in total. The number of thioether (sulfide) groups is 2. The van der Waals surface area contributed by atoms with Gasteiger partial charge in [-0.15, -0.1) is 23.5 Å². The van der Waals surface area contributed by atoms with E-state index in [9.17, 15) is 24.3 Å². The average molecular weight is 597 g/mol. The van der Waals surface area contributed by atoms with Gasteiger partial charge in [-0.3, -0.25) is 19.3 Å². The lowest BCUT2D eigenvalue weighted by Crippen LogP contribution is -2.71. The molecule has 1 aromatic heterocycles. The zero-order chi connectivity index (χ0) is 27.4. The molecule has 4 N–H and O–H groups in total. The number of aliphatic carboxylic acids is 1. The van der Waals surface area contributed by atoms with Gasteiger partial charge in [-0.1, -0.05) is 23.2 Å². The van der Waals surface area contributed by atoms with Gasteiger partial charge in [-0.2, -0.15) is 0 Å². The van der Waals surface area contributed by atoms with E-state index in [4.69, 9.17) is 28.9 Å². The van der Waals surface area contributed by atoms with Crippen molar-refractivity contribution in [2.45, 2.75) is 29.4 Å². The van der Waals surface area contributed by atoms with Crippen molar-refractivity contribution in [3.63, 3.8) is 0 Å². The molecule has 1 fully saturated rings.